The molecule has 20 heavy (non-hydrogen) atoms. The highest BCUT2D eigenvalue weighted by Gasteiger charge is 2.40. The second-order valence-corrected chi connectivity index (χ2v) is 7.56. The van der Waals surface area contributed by atoms with Gasteiger partial charge in [0.05, 0.1) is 11.1 Å². The van der Waals surface area contributed by atoms with Gasteiger partial charge in [-0.15, -0.1) is 11.3 Å². The molecule has 1 aromatic heterocycles. The van der Waals surface area contributed by atoms with Gasteiger partial charge in [0.25, 0.3) is 0 Å². The van der Waals surface area contributed by atoms with E-state index in [1.165, 1.54) is 11.3 Å². The lowest BCUT2D eigenvalue weighted by molar-refractivity contribution is -0.125. The summed E-state index contributed by atoms with van der Waals surface area (Å²) in [6, 6.07) is 0. The van der Waals surface area contributed by atoms with Crippen LogP contribution in [0.2, 0.25) is 0 Å². The predicted octanol–water partition coefficient (Wildman–Crippen LogP) is 3.16. The van der Waals surface area contributed by atoms with Crippen LogP contribution in [-0.4, -0.2) is 24.0 Å². The van der Waals surface area contributed by atoms with Crippen molar-refractivity contribution in [3.63, 3.8) is 0 Å². The first-order chi connectivity index (χ1) is 9.37. The molecule has 0 aromatic carbocycles. The first-order valence-corrected chi connectivity index (χ1v) is 8.23. The number of carbonyl (C=O) groups is 1. The highest BCUT2D eigenvalue weighted by Crippen LogP contribution is 2.33. The number of nitrogens with one attached hydrogen (secondary N) is 2. The normalized spacial score (nSPS) is 23.0. The maximum atomic E-state index is 12.6. The van der Waals surface area contributed by atoms with E-state index >= 15 is 0 Å². The Balaban J connectivity index is 2.09. The topological polar surface area (TPSA) is 54.0 Å². The minimum Gasteiger partial charge on any atom is -0.316 e. The summed E-state index contributed by atoms with van der Waals surface area (Å²) >= 11 is 1.52. The van der Waals surface area contributed by atoms with Crippen LogP contribution < -0.4 is 10.6 Å². The standard InChI is InChI=1S/C15H25N3OS/c1-5-6-15(7-8-16-10-15)12(19)18-13-17-11(9-20-13)14(2,3)4/h9,16H,5-8,10H2,1-4H3,(H,17,18,19). The summed E-state index contributed by atoms with van der Waals surface area (Å²) in [5.74, 6) is 0.124. The van der Waals surface area contributed by atoms with Gasteiger partial charge in [-0.25, -0.2) is 4.98 Å². The molecule has 1 saturated heterocycles. The second kappa shape index (κ2) is 5.82. The lowest BCUT2D eigenvalue weighted by Crippen LogP contribution is -2.38. The molecule has 0 aliphatic carbocycles. The molecule has 2 N–H and O–H groups in total. The van der Waals surface area contributed by atoms with E-state index < -0.39 is 0 Å². The van der Waals surface area contributed by atoms with Gasteiger partial charge >= 0.3 is 0 Å². The number of carbonyl (C=O) groups excluding carboxylic acids is 1. The van der Waals surface area contributed by atoms with Crippen molar-refractivity contribution >= 4 is 22.4 Å². The fraction of sp³-hybridized carbons (Fsp3) is 0.733. The molecule has 0 bridgehead atoms. The molecule has 1 atom stereocenters. The van der Waals surface area contributed by atoms with Gasteiger partial charge in [-0.3, -0.25) is 4.79 Å². The molecule has 1 aliphatic heterocycles. The zero-order valence-electron chi connectivity index (χ0n) is 12.9. The number of hydrogen-bond donors (Lipinski definition) is 2. The van der Waals surface area contributed by atoms with E-state index in [9.17, 15) is 4.79 Å². The third kappa shape index (κ3) is 3.20. The van der Waals surface area contributed by atoms with Crippen molar-refractivity contribution in [2.24, 2.45) is 5.41 Å². The molecule has 1 amide bonds. The Morgan fingerprint density at radius 2 is 2.30 bits per heavy atom. The first-order valence-electron chi connectivity index (χ1n) is 7.35. The van der Waals surface area contributed by atoms with Crippen molar-refractivity contribution in [1.29, 1.82) is 0 Å². The van der Waals surface area contributed by atoms with Crippen LogP contribution in [0.3, 0.4) is 0 Å². The van der Waals surface area contributed by atoms with Crippen LogP contribution in [0.4, 0.5) is 5.13 Å². The Morgan fingerprint density at radius 1 is 1.55 bits per heavy atom. The molecule has 0 spiro atoms. The maximum Gasteiger partial charge on any atom is 0.233 e. The van der Waals surface area contributed by atoms with Gasteiger partial charge in [-0.05, 0) is 19.4 Å². The lowest BCUT2D eigenvalue weighted by Gasteiger charge is -2.25. The Morgan fingerprint density at radius 3 is 2.80 bits per heavy atom. The number of amides is 1. The lowest BCUT2D eigenvalue weighted by atomic mass is 9.81. The summed E-state index contributed by atoms with van der Waals surface area (Å²) in [4.78, 5) is 17.2. The highest BCUT2D eigenvalue weighted by molar-refractivity contribution is 7.14. The molecule has 2 rings (SSSR count). The van der Waals surface area contributed by atoms with Gasteiger partial charge in [0.15, 0.2) is 5.13 Å². The largest absolute Gasteiger partial charge is 0.316 e. The Bertz CT molecular complexity index is 470. The van der Waals surface area contributed by atoms with Gasteiger partial charge in [0.1, 0.15) is 0 Å². The van der Waals surface area contributed by atoms with Crippen molar-refractivity contribution in [3.05, 3.63) is 11.1 Å². The molecule has 1 unspecified atom stereocenters. The summed E-state index contributed by atoms with van der Waals surface area (Å²) < 4.78 is 0. The smallest absolute Gasteiger partial charge is 0.233 e. The molecule has 1 aliphatic rings. The monoisotopic (exact) mass is 295 g/mol. The fourth-order valence-corrected chi connectivity index (χ4v) is 3.58. The fourth-order valence-electron chi connectivity index (χ4n) is 2.65. The SMILES string of the molecule is CCCC1(C(=O)Nc2nc(C(C)(C)C)cs2)CCNC1. The molecule has 0 saturated carbocycles. The molecule has 1 fully saturated rings. The maximum absolute atomic E-state index is 12.6. The van der Waals surface area contributed by atoms with Crippen LogP contribution >= 0.6 is 11.3 Å². The van der Waals surface area contributed by atoms with Crippen molar-refractivity contribution in [2.45, 2.75) is 52.4 Å². The van der Waals surface area contributed by atoms with Gasteiger partial charge in [0, 0.05) is 17.3 Å². The number of nitrogens with zero attached hydrogens (tertiary/aromatic N) is 1. The summed E-state index contributed by atoms with van der Waals surface area (Å²) in [7, 11) is 0. The minimum absolute atomic E-state index is 0.0233. The van der Waals surface area contributed by atoms with Crippen LogP contribution in [0.5, 0.6) is 0 Å². The van der Waals surface area contributed by atoms with Crippen molar-refractivity contribution < 1.29 is 4.79 Å². The zero-order chi connectivity index (χ0) is 14.8. The van der Waals surface area contributed by atoms with Gasteiger partial charge in [0.2, 0.25) is 5.91 Å². The molecular weight excluding hydrogens is 270 g/mol. The van der Waals surface area contributed by atoms with Gasteiger partial charge in [-0.2, -0.15) is 0 Å². The Labute approximate surface area is 125 Å². The quantitative estimate of drug-likeness (QED) is 0.897. The third-order valence-corrected chi connectivity index (χ3v) is 4.70. The van der Waals surface area contributed by atoms with E-state index in [4.69, 9.17) is 0 Å². The second-order valence-electron chi connectivity index (χ2n) is 6.70. The molecule has 0 radical (unpaired) electrons. The molecular formula is C15H25N3OS. The number of hydrogen-bond acceptors (Lipinski definition) is 4. The molecule has 1 aromatic rings. The van der Waals surface area contributed by atoms with Gasteiger partial charge in [-0.1, -0.05) is 34.1 Å². The van der Waals surface area contributed by atoms with E-state index in [0.29, 0.717) is 0 Å². The number of aromatic nitrogens is 1. The van der Waals surface area contributed by atoms with Gasteiger partial charge < -0.3 is 10.6 Å². The predicted molar refractivity (Wildman–Crippen MR) is 84.3 cm³/mol. The van der Waals surface area contributed by atoms with Crippen molar-refractivity contribution in [3.8, 4) is 0 Å². The highest BCUT2D eigenvalue weighted by atomic mass is 32.1. The van der Waals surface area contributed by atoms with Crippen LogP contribution in [0.15, 0.2) is 5.38 Å². The molecule has 5 heteroatoms. The molecule has 4 nitrogen and oxygen atoms in total. The first kappa shape index (κ1) is 15.4. The number of anilines is 1. The van der Waals surface area contributed by atoms with Crippen LogP contribution in [-0.2, 0) is 10.2 Å². The summed E-state index contributed by atoms with van der Waals surface area (Å²) in [6.07, 6.45) is 2.88. The molecule has 112 valence electrons. The van der Waals surface area contributed by atoms with E-state index in [2.05, 4.69) is 43.3 Å². The Kier molecular flexibility index (Phi) is 4.49. The average molecular weight is 295 g/mol. The van der Waals surface area contributed by atoms with Crippen LogP contribution in [0, 0.1) is 5.41 Å². The van der Waals surface area contributed by atoms with Crippen LogP contribution in [0.25, 0.3) is 0 Å². The van der Waals surface area contributed by atoms with E-state index in [-0.39, 0.29) is 16.7 Å². The summed E-state index contributed by atoms with van der Waals surface area (Å²) in [5.41, 5.74) is 0.810. The average Bonchev–Trinajstić information content (AvgIpc) is 2.98. The minimum atomic E-state index is -0.248. The van der Waals surface area contributed by atoms with E-state index in [1.54, 1.807) is 0 Å². The van der Waals surface area contributed by atoms with E-state index in [1.807, 2.05) is 5.38 Å². The summed E-state index contributed by atoms with van der Waals surface area (Å²) in [5, 5.41) is 9.11. The molecule has 2 heterocycles. The summed E-state index contributed by atoms with van der Waals surface area (Å²) in [6.45, 7) is 10.2. The number of thiazole rings is 1. The third-order valence-electron chi connectivity index (χ3n) is 3.95. The van der Waals surface area contributed by atoms with Crippen LogP contribution in [0.1, 0.15) is 52.7 Å². The van der Waals surface area contributed by atoms with Crippen molar-refractivity contribution in [1.82, 2.24) is 10.3 Å². The zero-order valence-corrected chi connectivity index (χ0v) is 13.7. The van der Waals surface area contributed by atoms with Crippen molar-refractivity contribution in [2.75, 3.05) is 18.4 Å². The van der Waals surface area contributed by atoms with E-state index in [0.717, 1.165) is 43.2 Å². The Hall–Kier alpha value is -0.940. The number of rotatable bonds is 4.